The Kier molecular flexibility index (Phi) is 6.44. The Morgan fingerprint density at radius 1 is 0.741 bits per heavy atom. The van der Waals surface area contributed by atoms with Gasteiger partial charge in [-0.1, -0.05) is 54.6 Å². The molecule has 2 nitrogen and oxygen atoms in total. The van der Waals surface area contributed by atoms with Gasteiger partial charge in [-0.15, -0.1) is 12.4 Å². The summed E-state index contributed by atoms with van der Waals surface area (Å²) in [6, 6.07) is 25.7. The lowest BCUT2D eigenvalue weighted by Gasteiger charge is -2.12. The Balaban J connectivity index is 0.00000210. The fourth-order valence-corrected chi connectivity index (χ4v) is 3.56. The van der Waals surface area contributed by atoms with Crippen LogP contribution < -0.4 is 0 Å². The first-order valence-electron chi connectivity index (χ1n) is 9.29. The Labute approximate surface area is 166 Å². The molecule has 0 saturated heterocycles. The number of aryl methyl sites for hydroxylation is 1. The number of unbranched alkanes of at least 4 members (excludes halogenated alkanes) is 1. The van der Waals surface area contributed by atoms with Crippen LogP contribution in [0.25, 0.3) is 21.8 Å². The summed E-state index contributed by atoms with van der Waals surface area (Å²) < 4.78 is 0. The van der Waals surface area contributed by atoms with Crippen molar-refractivity contribution in [1.82, 2.24) is 4.98 Å². The van der Waals surface area contributed by atoms with E-state index >= 15 is 0 Å². The van der Waals surface area contributed by atoms with Crippen LogP contribution in [0.5, 0.6) is 0 Å². The van der Waals surface area contributed by atoms with Crippen LogP contribution in [0.4, 0.5) is 0 Å². The van der Waals surface area contributed by atoms with Gasteiger partial charge in [0.1, 0.15) is 0 Å². The number of rotatable bonds is 6. The highest BCUT2D eigenvalue weighted by atomic mass is 35.5. The second-order valence-corrected chi connectivity index (χ2v) is 6.85. The molecule has 0 saturated carbocycles. The molecule has 138 valence electrons. The second kappa shape index (κ2) is 8.98. The van der Waals surface area contributed by atoms with E-state index in [1.54, 1.807) is 0 Å². The molecule has 0 fully saturated rings. The Morgan fingerprint density at radius 2 is 1.52 bits per heavy atom. The van der Waals surface area contributed by atoms with Crippen molar-refractivity contribution < 1.29 is 5.11 Å². The van der Waals surface area contributed by atoms with Crippen molar-refractivity contribution in [1.29, 1.82) is 0 Å². The van der Waals surface area contributed by atoms with Crippen molar-refractivity contribution in [3.63, 3.8) is 0 Å². The van der Waals surface area contributed by atoms with Gasteiger partial charge in [0.15, 0.2) is 0 Å². The van der Waals surface area contributed by atoms with Crippen LogP contribution in [-0.2, 0) is 12.8 Å². The Bertz CT molecular complexity index is 1030. The summed E-state index contributed by atoms with van der Waals surface area (Å²) in [6.07, 6.45) is 3.73. The van der Waals surface area contributed by atoms with E-state index in [9.17, 15) is 0 Å². The molecule has 1 heterocycles. The quantitative estimate of drug-likeness (QED) is 0.344. The smallest absolute Gasteiger partial charge is 0.0715 e. The SMILES string of the molecule is Cl.OCCCCc1cc(Cc2ccccc2)c2cc3ccccc3nc2c1. The van der Waals surface area contributed by atoms with Crippen LogP contribution in [-0.4, -0.2) is 16.7 Å². The summed E-state index contributed by atoms with van der Waals surface area (Å²) in [4.78, 5) is 4.92. The minimum absolute atomic E-state index is 0. The van der Waals surface area contributed by atoms with Crippen molar-refractivity contribution in [2.24, 2.45) is 0 Å². The maximum Gasteiger partial charge on any atom is 0.0715 e. The standard InChI is InChI=1S/C24H23NO.ClH/c26-13-7-6-10-19-15-21(14-18-8-2-1-3-9-18)22-17-20-11-4-5-12-23(20)25-24(22)16-19;/h1-5,8-9,11-12,15-17,26H,6-7,10,13-14H2;1H. The third-order valence-corrected chi connectivity index (χ3v) is 4.89. The van der Waals surface area contributed by atoms with Gasteiger partial charge in [0.2, 0.25) is 0 Å². The molecule has 0 radical (unpaired) electrons. The highest BCUT2D eigenvalue weighted by Crippen LogP contribution is 2.27. The maximum atomic E-state index is 9.07. The minimum atomic E-state index is 0. The highest BCUT2D eigenvalue weighted by Gasteiger charge is 2.08. The van der Waals surface area contributed by atoms with Crippen LogP contribution in [0.15, 0.2) is 72.8 Å². The predicted octanol–water partition coefficient (Wildman–Crippen LogP) is 5.72. The number of para-hydroxylation sites is 1. The van der Waals surface area contributed by atoms with Gasteiger partial charge in [0.05, 0.1) is 11.0 Å². The van der Waals surface area contributed by atoms with E-state index in [-0.39, 0.29) is 19.0 Å². The average molecular weight is 378 g/mol. The number of halogens is 1. The van der Waals surface area contributed by atoms with Gasteiger partial charge in [-0.3, -0.25) is 0 Å². The highest BCUT2D eigenvalue weighted by molar-refractivity contribution is 5.94. The van der Waals surface area contributed by atoms with E-state index in [4.69, 9.17) is 10.1 Å². The Morgan fingerprint density at radius 3 is 2.33 bits per heavy atom. The topological polar surface area (TPSA) is 33.1 Å². The molecule has 0 amide bonds. The van der Waals surface area contributed by atoms with E-state index in [1.807, 2.05) is 6.07 Å². The number of nitrogens with zero attached hydrogens (tertiary/aromatic N) is 1. The van der Waals surface area contributed by atoms with Crippen LogP contribution in [0.3, 0.4) is 0 Å². The van der Waals surface area contributed by atoms with Crippen molar-refractivity contribution in [2.75, 3.05) is 6.61 Å². The summed E-state index contributed by atoms with van der Waals surface area (Å²) >= 11 is 0. The summed E-state index contributed by atoms with van der Waals surface area (Å²) in [6.45, 7) is 0.257. The van der Waals surface area contributed by atoms with E-state index in [0.717, 1.165) is 36.7 Å². The summed E-state index contributed by atoms with van der Waals surface area (Å²) in [7, 11) is 0. The molecule has 0 spiro atoms. The summed E-state index contributed by atoms with van der Waals surface area (Å²) in [5.41, 5.74) is 6.05. The van der Waals surface area contributed by atoms with Gasteiger partial charge in [0, 0.05) is 17.4 Å². The molecule has 0 atom stereocenters. The number of benzene rings is 3. The zero-order chi connectivity index (χ0) is 17.8. The molecule has 0 aliphatic carbocycles. The predicted molar refractivity (Wildman–Crippen MR) is 116 cm³/mol. The molecular formula is C24H24ClNO. The van der Waals surface area contributed by atoms with Crippen LogP contribution in [0, 0.1) is 0 Å². The molecule has 1 aromatic heterocycles. The first kappa shape index (κ1) is 19.3. The van der Waals surface area contributed by atoms with Gasteiger partial charge >= 0.3 is 0 Å². The van der Waals surface area contributed by atoms with Crippen molar-refractivity contribution in [2.45, 2.75) is 25.7 Å². The maximum absolute atomic E-state index is 9.07. The van der Waals surface area contributed by atoms with Gasteiger partial charge in [-0.2, -0.15) is 0 Å². The van der Waals surface area contributed by atoms with Crippen LogP contribution in [0.1, 0.15) is 29.5 Å². The second-order valence-electron chi connectivity index (χ2n) is 6.85. The average Bonchev–Trinajstić information content (AvgIpc) is 2.68. The van der Waals surface area contributed by atoms with E-state index in [1.165, 1.54) is 27.5 Å². The zero-order valence-corrected chi connectivity index (χ0v) is 16.1. The third kappa shape index (κ3) is 4.47. The number of pyridine rings is 1. The molecule has 1 N–H and O–H groups in total. The van der Waals surface area contributed by atoms with Crippen molar-refractivity contribution in [3.05, 3.63) is 89.5 Å². The monoisotopic (exact) mass is 377 g/mol. The van der Waals surface area contributed by atoms with Crippen LogP contribution >= 0.6 is 12.4 Å². The van der Waals surface area contributed by atoms with Gasteiger partial charge in [-0.25, -0.2) is 4.98 Å². The zero-order valence-electron chi connectivity index (χ0n) is 15.3. The minimum Gasteiger partial charge on any atom is -0.396 e. The van der Waals surface area contributed by atoms with Crippen molar-refractivity contribution in [3.8, 4) is 0 Å². The molecule has 27 heavy (non-hydrogen) atoms. The largest absolute Gasteiger partial charge is 0.396 e. The molecule has 0 aliphatic heterocycles. The number of hydrogen-bond acceptors (Lipinski definition) is 2. The van der Waals surface area contributed by atoms with Gasteiger partial charge in [-0.05, 0) is 60.6 Å². The van der Waals surface area contributed by atoms with E-state index < -0.39 is 0 Å². The van der Waals surface area contributed by atoms with Crippen LogP contribution in [0.2, 0.25) is 0 Å². The fourth-order valence-electron chi connectivity index (χ4n) is 3.56. The molecule has 0 bridgehead atoms. The number of hydrogen-bond donors (Lipinski definition) is 1. The summed E-state index contributed by atoms with van der Waals surface area (Å²) in [5.74, 6) is 0. The fraction of sp³-hybridized carbons (Fsp3) is 0.208. The lowest BCUT2D eigenvalue weighted by atomic mass is 9.95. The third-order valence-electron chi connectivity index (χ3n) is 4.89. The lowest BCUT2D eigenvalue weighted by molar-refractivity contribution is 0.284. The van der Waals surface area contributed by atoms with Gasteiger partial charge in [0.25, 0.3) is 0 Å². The lowest BCUT2D eigenvalue weighted by Crippen LogP contribution is -1.96. The normalized spacial score (nSPS) is 10.9. The first-order valence-corrected chi connectivity index (χ1v) is 9.29. The summed E-state index contributed by atoms with van der Waals surface area (Å²) in [5, 5.41) is 11.5. The molecule has 3 aromatic carbocycles. The number of aliphatic hydroxyl groups excluding tert-OH is 1. The first-order chi connectivity index (χ1) is 12.8. The number of fused-ring (bicyclic) bond motifs is 2. The van der Waals surface area contributed by atoms with E-state index in [0.29, 0.717) is 0 Å². The molecule has 4 aromatic rings. The van der Waals surface area contributed by atoms with E-state index in [2.05, 4.69) is 66.7 Å². The molecule has 0 unspecified atom stereocenters. The Hall–Kier alpha value is -2.42. The molecule has 4 rings (SSSR count). The molecule has 3 heteroatoms. The van der Waals surface area contributed by atoms with Crippen molar-refractivity contribution >= 4 is 34.2 Å². The number of aromatic nitrogens is 1. The molecule has 0 aliphatic rings. The number of aliphatic hydroxyl groups is 1. The molecular weight excluding hydrogens is 354 g/mol. The van der Waals surface area contributed by atoms with Gasteiger partial charge < -0.3 is 5.11 Å².